The van der Waals surface area contributed by atoms with Gasteiger partial charge in [-0.1, -0.05) is 0 Å². The predicted molar refractivity (Wildman–Crippen MR) is 64.2 cm³/mol. The van der Waals surface area contributed by atoms with E-state index >= 15 is 0 Å². The summed E-state index contributed by atoms with van der Waals surface area (Å²) in [7, 11) is 1.80. The molecular weight excluding hydrogens is 188 g/mol. The highest BCUT2D eigenvalue weighted by Gasteiger charge is 2.26. The Morgan fingerprint density at radius 2 is 1.80 bits per heavy atom. The van der Waals surface area contributed by atoms with Crippen molar-refractivity contribution in [2.24, 2.45) is 0 Å². The molecule has 15 heavy (non-hydrogen) atoms. The highest BCUT2D eigenvalue weighted by Crippen LogP contribution is 2.17. The zero-order valence-electron chi connectivity index (χ0n) is 10.8. The van der Waals surface area contributed by atoms with Crippen molar-refractivity contribution in [1.82, 2.24) is 10.2 Å². The van der Waals surface area contributed by atoms with Crippen LogP contribution in [0.15, 0.2) is 0 Å². The second-order valence-corrected chi connectivity index (χ2v) is 5.31. The molecule has 0 bridgehead atoms. The quantitative estimate of drug-likeness (QED) is 0.767. The number of rotatable bonds is 4. The van der Waals surface area contributed by atoms with Crippen LogP contribution >= 0.6 is 0 Å². The van der Waals surface area contributed by atoms with Gasteiger partial charge in [0.15, 0.2) is 0 Å². The molecule has 1 aliphatic heterocycles. The minimum atomic E-state index is 0.00428. The Bertz CT molecular complexity index is 184. The zero-order valence-corrected chi connectivity index (χ0v) is 10.8. The van der Waals surface area contributed by atoms with Crippen molar-refractivity contribution in [1.29, 1.82) is 0 Å². The van der Waals surface area contributed by atoms with Gasteiger partial charge in [-0.25, -0.2) is 0 Å². The summed E-state index contributed by atoms with van der Waals surface area (Å²) in [4.78, 5) is 2.58. The summed E-state index contributed by atoms with van der Waals surface area (Å²) in [6.07, 6.45) is 1.10. The largest absolute Gasteiger partial charge is 0.379 e. The van der Waals surface area contributed by atoms with E-state index in [2.05, 4.69) is 37.9 Å². The van der Waals surface area contributed by atoms with E-state index in [0.717, 1.165) is 26.1 Å². The molecule has 90 valence electrons. The van der Waals surface area contributed by atoms with Gasteiger partial charge in [0.25, 0.3) is 0 Å². The van der Waals surface area contributed by atoms with Crippen molar-refractivity contribution in [3.63, 3.8) is 0 Å². The average Bonchev–Trinajstić information content (AvgIpc) is 2.17. The Hall–Kier alpha value is -0.120. The van der Waals surface area contributed by atoms with Gasteiger partial charge >= 0.3 is 0 Å². The maximum absolute atomic E-state index is 5.46. The lowest BCUT2D eigenvalue weighted by molar-refractivity contribution is -0.00283. The first-order valence-electron chi connectivity index (χ1n) is 5.98. The van der Waals surface area contributed by atoms with E-state index < -0.39 is 0 Å². The predicted octanol–water partition coefficient (Wildman–Crippen LogP) is 1.48. The summed E-state index contributed by atoms with van der Waals surface area (Å²) in [5, 5.41) is 3.45. The summed E-state index contributed by atoms with van der Waals surface area (Å²) in [6, 6.07) is 1.28. The van der Waals surface area contributed by atoms with Crippen molar-refractivity contribution < 1.29 is 4.74 Å². The van der Waals surface area contributed by atoms with E-state index in [1.165, 1.54) is 0 Å². The van der Waals surface area contributed by atoms with Crippen LogP contribution in [-0.2, 0) is 4.74 Å². The zero-order chi connectivity index (χ0) is 11.5. The molecule has 0 saturated carbocycles. The van der Waals surface area contributed by atoms with E-state index in [1.54, 1.807) is 7.11 Å². The number of hydrogen-bond donors (Lipinski definition) is 1. The lowest BCUT2D eigenvalue weighted by atomic mass is 10.0. The van der Waals surface area contributed by atoms with E-state index in [4.69, 9.17) is 4.74 Å². The fraction of sp³-hybridized carbons (Fsp3) is 1.00. The third-order valence-corrected chi connectivity index (χ3v) is 3.54. The van der Waals surface area contributed by atoms with Gasteiger partial charge < -0.3 is 10.1 Å². The Balaban J connectivity index is 2.42. The maximum atomic E-state index is 5.46. The highest BCUT2D eigenvalue weighted by atomic mass is 16.5. The summed E-state index contributed by atoms with van der Waals surface area (Å²) in [6.45, 7) is 12.3. The van der Waals surface area contributed by atoms with Gasteiger partial charge in [0, 0.05) is 38.8 Å². The van der Waals surface area contributed by atoms with Crippen LogP contribution in [0.3, 0.4) is 0 Å². The Morgan fingerprint density at radius 1 is 1.27 bits per heavy atom. The van der Waals surface area contributed by atoms with Crippen LogP contribution in [0, 0.1) is 0 Å². The molecule has 1 N–H and O–H groups in total. The first-order valence-corrected chi connectivity index (χ1v) is 5.98. The number of methoxy groups -OCH3 is 1. The number of ether oxygens (including phenoxy) is 1. The third-order valence-electron chi connectivity index (χ3n) is 3.54. The fourth-order valence-electron chi connectivity index (χ4n) is 2.11. The van der Waals surface area contributed by atoms with E-state index in [0.29, 0.717) is 12.1 Å². The van der Waals surface area contributed by atoms with Gasteiger partial charge in [0.2, 0.25) is 0 Å². The number of hydrogen-bond acceptors (Lipinski definition) is 3. The normalized spacial score (nSPS) is 29.4. The second-order valence-electron chi connectivity index (χ2n) is 5.31. The molecular formula is C12H26N2O. The molecule has 0 aromatic heterocycles. The highest BCUT2D eigenvalue weighted by molar-refractivity contribution is 4.84. The minimum Gasteiger partial charge on any atom is -0.379 e. The lowest BCUT2D eigenvalue weighted by Crippen LogP contribution is -2.55. The topological polar surface area (TPSA) is 24.5 Å². The second kappa shape index (κ2) is 5.28. The molecule has 0 aromatic carbocycles. The van der Waals surface area contributed by atoms with Crippen LogP contribution in [0.1, 0.15) is 34.1 Å². The van der Waals surface area contributed by atoms with Gasteiger partial charge in [0.05, 0.1) is 5.60 Å². The summed E-state index contributed by atoms with van der Waals surface area (Å²) in [5.74, 6) is 0. The number of nitrogens with zero attached hydrogens (tertiary/aromatic N) is 1. The molecule has 3 nitrogen and oxygen atoms in total. The summed E-state index contributed by atoms with van der Waals surface area (Å²) < 4.78 is 5.46. The molecule has 0 aromatic rings. The van der Waals surface area contributed by atoms with Gasteiger partial charge in [-0.05, 0) is 34.1 Å². The van der Waals surface area contributed by atoms with Crippen molar-refractivity contribution in [2.45, 2.75) is 51.8 Å². The average molecular weight is 214 g/mol. The van der Waals surface area contributed by atoms with Crippen molar-refractivity contribution >= 4 is 0 Å². The van der Waals surface area contributed by atoms with Crippen LogP contribution in [-0.4, -0.2) is 49.3 Å². The van der Waals surface area contributed by atoms with Gasteiger partial charge in [-0.3, -0.25) is 4.90 Å². The van der Waals surface area contributed by atoms with Crippen LogP contribution in [0.25, 0.3) is 0 Å². The van der Waals surface area contributed by atoms with Crippen molar-refractivity contribution in [3.05, 3.63) is 0 Å². The minimum absolute atomic E-state index is 0.00428. The molecule has 0 amide bonds. The van der Waals surface area contributed by atoms with Gasteiger partial charge in [0.1, 0.15) is 0 Å². The fourth-order valence-corrected chi connectivity index (χ4v) is 2.11. The number of piperazine rings is 1. The van der Waals surface area contributed by atoms with Crippen molar-refractivity contribution in [2.75, 3.05) is 26.7 Å². The molecule has 2 unspecified atom stereocenters. The Kier molecular flexibility index (Phi) is 4.56. The summed E-state index contributed by atoms with van der Waals surface area (Å²) in [5.41, 5.74) is 0.00428. The van der Waals surface area contributed by atoms with Crippen LogP contribution in [0.4, 0.5) is 0 Å². The molecule has 1 heterocycles. The SMILES string of the molecule is COC(C)(C)CCN1C(C)CNCC1C. The maximum Gasteiger partial charge on any atom is 0.0634 e. The Labute approximate surface area is 94.2 Å². The van der Waals surface area contributed by atoms with Gasteiger partial charge in [-0.15, -0.1) is 0 Å². The molecule has 0 spiro atoms. The molecule has 3 heteroatoms. The first-order chi connectivity index (χ1) is 6.96. The lowest BCUT2D eigenvalue weighted by Gasteiger charge is -2.40. The molecule has 1 saturated heterocycles. The molecule has 1 rings (SSSR count). The van der Waals surface area contributed by atoms with E-state index in [9.17, 15) is 0 Å². The van der Waals surface area contributed by atoms with Gasteiger partial charge in [-0.2, -0.15) is 0 Å². The first kappa shape index (κ1) is 12.9. The molecule has 0 radical (unpaired) electrons. The molecule has 1 aliphatic rings. The standard InChI is InChI=1S/C12H26N2O/c1-10-8-13-9-11(2)14(10)7-6-12(3,4)15-5/h10-11,13H,6-9H2,1-5H3. The van der Waals surface area contributed by atoms with Crippen LogP contribution in [0.2, 0.25) is 0 Å². The monoisotopic (exact) mass is 214 g/mol. The third kappa shape index (κ3) is 3.74. The van der Waals surface area contributed by atoms with Crippen molar-refractivity contribution in [3.8, 4) is 0 Å². The smallest absolute Gasteiger partial charge is 0.0634 e. The molecule has 1 fully saturated rings. The van der Waals surface area contributed by atoms with Crippen LogP contribution in [0.5, 0.6) is 0 Å². The van der Waals surface area contributed by atoms with E-state index in [-0.39, 0.29) is 5.60 Å². The van der Waals surface area contributed by atoms with E-state index in [1.807, 2.05) is 0 Å². The summed E-state index contributed by atoms with van der Waals surface area (Å²) >= 11 is 0. The van der Waals surface area contributed by atoms with Crippen LogP contribution < -0.4 is 5.32 Å². The molecule has 0 aliphatic carbocycles. The number of nitrogens with one attached hydrogen (secondary N) is 1. The molecule has 2 atom stereocenters. The Morgan fingerprint density at radius 3 is 2.27 bits per heavy atom.